The minimum Gasteiger partial charge on any atom is -0.478 e. The van der Waals surface area contributed by atoms with Gasteiger partial charge in [0.1, 0.15) is 0 Å². The summed E-state index contributed by atoms with van der Waals surface area (Å²) < 4.78 is 0. The van der Waals surface area contributed by atoms with Gasteiger partial charge in [0, 0.05) is 6.54 Å². The van der Waals surface area contributed by atoms with Crippen LogP contribution in [0, 0.1) is 0 Å². The molecule has 0 unspecified atom stereocenters. The molecule has 3 nitrogen and oxygen atoms in total. The Labute approximate surface area is 102 Å². The molecule has 1 aromatic carbocycles. The van der Waals surface area contributed by atoms with Gasteiger partial charge in [-0.3, -0.25) is 0 Å². The molecule has 1 rings (SSSR count). The number of nitrogens with one attached hydrogen (secondary N) is 1. The number of aromatic carboxylic acids is 1. The number of carboxylic acids is 1. The van der Waals surface area contributed by atoms with Gasteiger partial charge < -0.3 is 10.4 Å². The second-order valence-electron chi connectivity index (χ2n) is 3.53. The fourth-order valence-corrected chi connectivity index (χ4v) is 1.30. The van der Waals surface area contributed by atoms with Crippen molar-refractivity contribution >= 4 is 18.4 Å². The number of hydrogen-bond donors (Lipinski definition) is 2. The first kappa shape index (κ1) is 14.9. The second kappa shape index (κ2) is 8.13. The molecule has 0 atom stereocenters. The summed E-state index contributed by atoms with van der Waals surface area (Å²) in [5.41, 5.74) is 1.46. The summed E-state index contributed by atoms with van der Waals surface area (Å²) in [7, 11) is 0. The predicted octanol–water partition coefficient (Wildman–Crippen LogP) is 2.70. The molecule has 0 saturated carbocycles. The maximum absolute atomic E-state index is 10.6. The molecule has 1 aromatic rings. The van der Waals surface area contributed by atoms with Crippen molar-refractivity contribution < 1.29 is 9.90 Å². The molecule has 0 aliphatic carbocycles. The number of rotatable bonds is 6. The van der Waals surface area contributed by atoms with E-state index in [1.165, 1.54) is 12.8 Å². The van der Waals surface area contributed by atoms with Gasteiger partial charge in [0.25, 0.3) is 0 Å². The van der Waals surface area contributed by atoms with Crippen LogP contribution in [0.4, 0.5) is 0 Å². The Balaban J connectivity index is 0.00000225. The Hall–Kier alpha value is -1.06. The molecule has 16 heavy (non-hydrogen) atoms. The van der Waals surface area contributed by atoms with Gasteiger partial charge in [-0.1, -0.05) is 25.5 Å². The van der Waals surface area contributed by atoms with Gasteiger partial charge in [0.15, 0.2) is 0 Å². The summed E-state index contributed by atoms with van der Waals surface area (Å²) in [5.74, 6) is -0.875. The average Bonchev–Trinajstić information content (AvgIpc) is 2.25. The minimum absolute atomic E-state index is 0. The van der Waals surface area contributed by atoms with Crippen LogP contribution < -0.4 is 5.32 Å². The largest absolute Gasteiger partial charge is 0.478 e. The summed E-state index contributed by atoms with van der Waals surface area (Å²) in [6.45, 7) is 3.97. The van der Waals surface area contributed by atoms with E-state index in [1.807, 2.05) is 12.1 Å². The summed E-state index contributed by atoms with van der Waals surface area (Å²) in [6, 6.07) is 6.98. The molecule has 0 radical (unpaired) electrons. The molecule has 0 fully saturated rings. The second-order valence-corrected chi connectivity index (χ2v) is 3.53. The van der Waals surface area contributed by atoms with E-state index in [4.69, 9.17) is 5.11 Å². The molecule has 2 N–H and O–H groups in total. The third kappa shape index (κ3) is 5.14. The van der Waals surface area contributed by atoms with E-state index in [9.17, 15) is 4.79 Å². The third-order valence-corrected chi connectivity index (χ3v) is 2.24. The lowest BCUT2D eigenvalue weighted by molar-refractivity contribution is 0.0697. The number of unbranched alkanes of at least 4 members (excludes halogenated alkanes) is 1. The average molecular weight is 244 g/mol. The summed E-state index contributed by atoms with van der Waals surface area (Å²) in [4.78, 5) is 10.6. The topological polar surface area (TPSA) is 49.3 Å². The van der Waals surface area contributed by atoms with E-state index >= 15 is 0 Å². The van der Waals surface area contributed by atoms with Gasteiger partial charge in [0.2, 0.25) is 0 Å². The molecule has 0 aromatic heterocycles. The van der Waals surface area contributed by atoms with Crippen LogP contribution in [0.1, 0.15) is 35.7 Å². The van der Waals surface area contributed by atoms with Crippen molar-refractivity contribution in [3.8, 4) is 0 Å². The lowest BCUT2D eigenvalue weighted by Crippen LogP contribution is -2.14. The molecule has 0 aliphatic heterocycles. The molecule has 0 aliphatic rings. The van der Waals surface area contributed by atoms with E-state index in [1.54, 1.807) is 12.1 Å². The van der Waals surface area contributed by atoms with Gasteiger partial charge in [-0.25, -0.2) is 4.79 Å². The Morgan fingerprint density at radius 2 is 1.94 bits per heavy atom. The predicted molar refractivity (Wildman–Crippen MR) is 67.3 cm³/mol. The standard InChI is InChI=1S/C12H17NO2.ClH/c1-2-3-8-13-9-10-4-6-11(7-5-10)12(14)15;/h4-7,13H,2-3,8-9H2,1H3,(H,14,15);1H. The zero-order valence-electron chi connectivity index (χ0n) is 9.40. The highest BCUT2D eigenvalue weighted by Gasteiger charge is 2.00. The van der Waals surface area contributed by atoms with E-state index in [0.717, 1.165) is 18.7 Å². The van der Waals surface area contributed by atoms with Gasteiger partial charge in [-0.2, -0.15) is 0 Å². The van der Waals surface area contributed by atoms with E-state index in [-0.39, 0.29) is 12.4 Å². The SMILES string of the molecule is CCCCNCc1ccc(C(=O)O)cc1.Cl. The quantitative estimate of drug-likeness (QED) is 0.756. The van der Waals surface area contributed by atoms with Gasteiger partial charge in [0.05, 0.1) is 5.56 Å². The highest BCUT2D eigenvalue weighted by molar-refractivity contribution is 5.87. The fourth-order valence-electron chi connectivity index (χ4n) is 1.30. The van der Waals surface area contributed by atoms with Crippen LogP contribution in [0.25, 0.3) is 0 Å². The van der Waals surface area contributed by atoms with Crippen molar-refractivity contribution in [2.75, 3.05) is 6.54 Å². The van der Waals surface area contributed by atoms with Crippen LogP contribution in [0.2, 0.25) is 0 Å². The Morgan fingerprint density at radius 1 is 1.31 bits per heavy atom. The summed E-state index contributed by atoms with van der Waals surface area (Å²) in [5, 5.41) is 12.0. The van der Waals surface area contributed by atoms with Crippen LogP contribution in [0.15, 0.2) is 24.3 Å². The van der Waals surface area contributed by atoms with E-state index in [2.05, 4.69) is 12.2 Å². The van der Waals surface area contributed by atoms with E-state index in [0.29, 0.717) is 5.56 Å². The first-order chi connectivity index (χ1) is 7.24. The Morgan fingerprint density at radius 3 is 2.44 bits per heavy atom. The first-order valence-electron chi connectivity index (χ1n) is 5.27. The number of carboxylic acid groups (broad SMARTS) is 1. The van der Waals surface area contributed by atoms with Gasteiger partial charge in [-0.05, 0) is 30.7 Å². The lowest BCUT2D eigenvalue weighted by Gasteiger charge is -2.04. The van der Waals surface area contributed by atoms with Crippen molar-refractivity contribution in [3.63, 3.8) is 0 Å². The first-order valence-corrected chi connectivity index (χ1v) is 5.27. The Kier molecular flexibility index (Phi) is 7.60. The van der Waals surface area contributed by atoms with Crippen LogP contribution in [-0.2, 0) is 6.54 Å². The molecule has 0 amide bonds. The van der Waals surface area contributed by atoms with Crippen molar-refractivity contribution in [1.82, 2.24) is 5.32 Å². The smallest absolute Gasteiger partial charge is 0.335 e. The molecule has 90 valence electrons. The van der Waals surface area contributed by atoms with Crippen LogP contribution in [0.5, 0.6) is 0 Å². The molecule has 4 heteroatoms. The molecule has 0 saturated heterocycles. The van der Waals surface area contributed by atoms with Crippen LogP contribution >= 0.6 is 12.4 Å². The van der Waals surface area contributed by atoms with Crippen LogP contribution in [-0.4, -0.2) is 17.6 Å². The molecular weight excluding hydrogens is 226 g/mol. The lowest BCUT2D eigenvalue weighted by atomic mass is 10.1. The van der Waals surface area contributed by atoms with Gasteiger partial charge in [-0.15, -0.1) is 12.4 Å². The number of hydrogen-bond acceptors (Lipinski definition) is 2. The van der Waals surface area contributed by atoms with Gasteiger partial charge >= 0.3 is 5.97 Å². The fraction of sp³-hybridized carbons (Fsp3) is 0.417. The molecule has 0 heterocycles. The van der Waals surface area contributed by atoms with Crippen molar-refractivity contribution in [1.29, 1.82) is 0 Å². The Bertz CT molecular complexity index is 311. The highest BCUT2D eigenvalue weighted by atomic mass is 35.5. The highest BCUT2D eigenvalue weighted by Crippen LogP contribution is 2.04. The number of halogens is 1. The molecule has 0 bridgehead atoms. The summed E-state index contributed by atoms with van der Waals surface area (Å²) in [6.07, 6.45) is 2.36. The summed E-state index contributed by atoms with van der Waals surface area (Å²) >= 11 is 0. The maximum Gasteiger partial charge on any atom is 0.335 e. The van der Waals surface area contributed by atoms with Crippen molar-refractivity contribution in [2.24, 2.45) is 0 Å². The monoisotopic (exact) mass is 243 g/mol. The zero-order chi connectivity index (χ0) is 11.1. The van der Waals surface area contributed by atoms with Crippen molar-refractivity contribution in [3.05, 3.63) is 35.4 Å². The molecular formula is C12H18ClNO2. The zero-order valence-corrected chi connectivity index (χ0v) is 10.2. The van der Waals surface area contributed by atoms with Crippen LogP contribution in [0.3, 0.4) is 0 Å². The third-order valence-electron chi connectivity index (χ3n) is 2.24. The molecule has 0 spiro atoms. The number of benzene rings is 1. The minimum atomic E-state index is -0.875. The number of carbonyl (C=O) groups is 1. The normalized spacial score (nSPS) is 9.56. The maximum atomic E-state index is 10.6. The van der Waals surface area contributed by atoms with E-state index < -0.39 is 5.97 Å². The van der Waals surface area contributed by atoms with Crippen molar-refractivity contribution in [2.45, 2.75) is 26.3 Å².